The Morgan fingerprint density at radius 1 is 1.00 bits per heavy atom. The van der Waals surface area contributed by atoms with Crippen LogP contribution in [0.5, 0.6) is 0 Å². The zero-order valence-electron chi connectivity index (χ0n) is 15.9. The average molecular weight is 404 g/mol. The SMILES string of the molecule is c1nc2c(-c3cn[nH]c3)ccc(-c3ccc(N4CCC45CCNCC5)nn3)c2s1. The van der Waals surface area contributed by atoms with Crippen molar-refractivity contribution in [3.63, 3.8) is 0 Å². The Kier molecular flexibility index (Phi) is 3.88. The first-order valence-electron chi connectivity index (χ1n) is 10.0. The van der Waals surface area contributed by atoms with Gasteiger partial charge in [-0.15, -0.1) is 21.5 Å². The van der Waals surface area contributed by atoms with Gasteiger partial charge < -0.3 is 10.2 Å². The molecule has 0 atom stereocenters. The third-order valence-corrected chi connectivity index (χ3v) is 7.26. The zero-order chi connectivity index (χ0) is 19.3. The van der Waals surface area contributed by atoms with Gasteiger partial charge in [-0.05, 0) is 44.5 Å². The lowest BCUT2D eigenvalue weighted by atomic mass is 9.77. The first kappa shape index (κ1) is 17.1. The molecule has 6 rings (SSSR count). The molecule has 0 saturated carbocycles. The van der Waals surface area contributed by atoms with Crippen molar-refractivity contribution in [3.05, 3.63) is 42.2 Å². The molecule has 2 saturated heterocycles. The highest BCUT2D eigenvalue weighted by Gasteiger charge is 2.45. The van der Waals surface area contributed by atoms with Gasteiger partial charge in [0, 0.05) is 35.0 Å². The molecule has 0 unspecified atom stereocenters. The number of H-pyrrole nitrogens is 1. The molecular weight excluding hydrogens is 382 g/mol. The van der Waals surface area contributed by atoms with Gasteiger partial charge in [-0.3, -0.25) is 5.10 Å². The van der Waals surface area contributed by atoms with Crippen molar-refractivity contribution in [1.82, 2.24) is 30.7 Å². The normalized spacial score (nSPS) is 18.3. The Bertz CT molecular complexity index is 1140. The number of benzene rings is 1. The number of rotatable bonds is 3. The lowest BCUT2D eigenvalue weighted by Crippen LogP contribution is -2.64. The van der Waals surface area contributed by atoms with Crippen molar-refractivity contribution in [3.8, 4) is 22.4 Å². The molecule has 1 spiro atoms. The molecule has 2 aliphatic heterocycles. The minimum atomic E-state index is 0.290. The molecule has 2 fully saturated rings. The van der Waals surface area contributed by atoms with Gasteiger partial charge in [0.2, 0.25) is 0 Å². The number of nitrogens with zero attached hydrogens (tertiary/aromatic N) is 5. The summed E-state index contributed by atoms with van der Waals surface area (Å²) in [4.78, 5) is 7.05. The van der Waals surface area contributed by atoms with Crippen LogP contribution in [0.1, 0.15) is 19.3 Å². The van der Waals surface area contributed by atoms with Crippen molar-refractivity contribution in [1.29, 1.82) is 0 Å². The highest BCUT2D eigenvalue weighted by Crippen LogP contribution is 2.41. The molecule has 0 amide bonds. The van der Waals surface area contributed by atoms with Gasteiger partial charge in [0.05, 0.1) is 27.6 Å². The van der Waals surface area contributed by atoms with Crippen LogP contribution in [0.4, 0.5) is 5.82 Å². The van der Waals surface area contributed by atoms with Crippen LogP contribution in [-0.4, -0.2) is 50.6 Å². The lowest BCUT2D eigenvalue weighted by Gasteiger charge is -2.55. The van der Waals surface area contributed by atoms with Crippen molar-refractivity contribution in [2.75, 3.05) is 24.5 Å². The van der Waals surface area contributed by atoms with Crippen molar-refractivity contribution in [2.45, 2.75) is 24.8 Å². The van der Waals surface area contributed by atoms with Crippen LogP contribution >= 0.6 is 11.3 Å². The largest absolute Gasteiger partial charge is 0.349 e. The summed E-state index contributed by atoms with van der Waals surface area (Å²) in [6.07, 6.45) is 7.36. The van der Waals surface area contributed by atoms with Gasteiger partial charge in [-0.2, -0.15) is 5.10 Å². The number of piperidine rings is 1. The molecule has 7 nitrogen and oxygen atoms in total. The highest BCUT2D eigenvalue weighted by molar-refractivity contribution is 7.17. The van der Waals surface area contributed by atoms with Gasteiger partial charge in [0.15, 0.2) is 5.82 Å². The van der Waals surface area contributed by atoms with E-state index in [-0.39, 0.29) is 0 Å². The second-order valence-corrected chi connectivity index (χ2v) is 8.69. The predicted octanol–water partition coefficient (Wildman–Crippen LogP) is 3.48. The van der Waals surface area contributed by atoms with E-state index in [1.54, 1.807) is 11.3 Å². The van der Waals surface area contributed by atoms with E-state index in [0.717, 1.165) is 58.1 Å². The summed E-state index contributed by atoms with van der Waals surface area (Å²) in [5.41, 5.74) is 7.25. The molecule has 3 aromatic heterocycles. The van der Waals surface area contributed by atoms with Crippen molar-refractivity contribution >= 4 is 27.4 Å². The fourth-order valence-electron chi connectivity index (χ4n) is 4.71. The third kappa shape index (κ3) is 2.67. The highest BCUT2D eigenvalue weighted by atomic mass is 32.1. The van der Waals surface area contributed by atoms with Crippen LogP contribution in [-0.2, 0) is 0 Å². The summed E-state index contributed by atoms with van der Waals surface area (Å²) in [6, 6.07) is 8.44. The van der Waals surface area contributed by atoms with E-state index in [1.165, 1.54) is 19.3 Å². The van der Waals surface area contributed by atoms with E-state index in [4.69, 9.17) is 0 Å². The van der Waals surface area contributed by atoms with Crippen LogP contribution in [0.2, 0.25) is 0 Å². The number of aromatic nitrogens is 5. The van der Waals surface area contributed by atoms with Crippen LogP contribution < -0.4 is 10.2 Å². The van der Waals surface area contributed by atoms with Gasteiger partial charge in [-0.1, -0.05) is 12.1 Å². The molecule has 0 radical (unpaired) electrons. The number of fused-ring (bicyclic) bond motifs is 1. The lowest BCUT2D eigenvalue weighted by molar-refractivity contribution is 0.204. The Morgan fingerprint density at radius 3 is 2.62 bits per heavy atom. The number of thiazole rings is 1. The fraction of sp³-hybridized carbons (Fsp3) is 0.333. The topological polar surface area (TPSA) is 82.6 Å². The molecule has 8 heteroatoms. The molecular formula is C21H21N7S. The maximum atomic E-state index is 4.61. The summed E-state index contributed by atoms with van der Waals surface area (Å²) in [6.45, 7) is 3.26. The standard InChI is InChI=1S/C21H21N7S/c1-2-16(20-19(23-13-29-20)15(1)14-11-24-25-12-14)17-3-4-18(27-26-17)28-10-7-21(28)5-8-22-9-6-21/h1-4,11-13,22H,5-10H2,(H,24,25). The Morgan fingerprint density at radius 2 is 1.90 bits per heavy atom. The number of hydrogen-bond acceptors (Lipinski definition) is 7. The molecule has 29 heavy (non-hydrogen) atoms. The van der Waals surface area contributed by atoms with E-state index in [0.29, 0.717) is 5.54 Å². The van der Waals surface area contributed by atoms with E-state index in [9.17, 15) is 0 Å². The minimum Gasteiger partial charge on any atom is -0.349 e. The smallest absolute Gasteiger partial charge is 0.151 e. The summed E-state index contributed by atoms with van der Waals surface area (Å²) in [5, 5.41) is 19.6. The number of aromatic amines is 1. The average Bonchev–Trinajstić information content (AvgIpc) is 3.46. The van der Waals surface area contributed by atoms with Gasteiger partial charge in [0.25, 0.3) is 0 Å². The number of nitrogens with one attached hydrogen (secondary N) is 2. The van der Waals surface area contributed by atoms with Crippen molar-refractivity contribution in [2.24, 2.45) is 0 Å². The molecule has 0 aliphatic carbocycles. The predicted molar refractivity (Wildman–Crippen MR) is 115 cm³/mol. The maximum Gasteiger partial charge on any atom is 0.151 e. The maximum absolute atomic E-state index is 4.61. The molecule has 0 bridgehead atoms. The number of hydrogen-bond donors (Lipinski definition) is 2. The summed E-state index contributed by atoms with van der Waals surface area (Å²) < 4.78 is 1.13. The monoisotopic (exact) mass is 403 g/mol. The Labute approximate surface area is 172 Å². The molecule has 146 valence electrons. The van der Waals surface area contributed by atoms with Gasteiger partial charge >= 0.3 is 0 Å². The Hall–Kier alpha value is -2.84. The second-order valence-electron chi connectivity index (χ2n) is 7.83. The van der Waals surface area contributed by atoms with Crippen molar-refractivity contribution < 1.29 is 0 Å². The molecule has 5 heterocycles. The molecule has 1 aromatic carbocycles. The quantitative estimate of drug-likeness (QED) is 0.545. The Balaban J connectivity index is 1.34. The van der Waals surface area contributed by atoms with Crippen LogP contribution in [0, 0.1) is 0 Å². The summed E-state index contributed by atoms with van der Waals surface area (Å²) in [5.74, 6) is 0.998. The third-order valence-electron chi connectivity index (χ3n) is 6.40. The van der Waals surface area contributed by atoms with E-state index in [2.05, 4.69) is 59.9 Å². The fourth-order valence-corrected chi connectivity index (χ4v) is 5.54. The zero-order valence-corrected chi connectivity index (χ0v) is 16.7. The second kappa shape index (κ2) is 6.60. The van der Waals surface area contributed by atoms with Gasteiger partial charge in [-0.25, -0.2) is 4.98 Å². The van der Waals surface area contributed by atoms with Crippen LogP contribution in [0.25, 0.3) is 32.6 Å². The van der Waals surface area contributed by atoms with Crippen LogP contribution in [0.15, 0.2) is 42.2 Å². The van der Waals surface area contributed by atoms with E-state index >= 15 is 0 Å². The molecule has 4 aromatic rings. The first-order valence-corrected chi connectivity index (χ1v) is 10.9. The number of anilines is 1. The minimum absolute atomic E-state index is 0.290. The first-order chi connectivity index (χ1) is 14.3. The van der Waals surface area contributed by atoms with E-state index in [1.807, 2.05) is 17.9 Å². The molecule has 2 aliphatic rings. The summed E-state index contributed by atoms with van der Waals surface area (Å²) in [7, 11) is 0. The van der Waals surface area contributed by atoms with Gasteiger partial charge in [0.1, 0.15) is 0 Å². The summed E-state index contributed by atoms with van der Waals surface area (Å²) >= 11 is 1.64. The molecule has 2 N–H and O–H groups in total. The van der Waals surface area contributed by atoms with Crippen LogP contribution in [0.3, 0.4) is 0 Å². The van der Waals surface area contributed by atoms with E-state index < -0.39 is 0 Å².